The first-order valence-electron chi connectivity index (χ1n) is 10.5. The maximum absolute atomic E-state index is 12.1. The highest BCUT2D eigenvalue weighted by atomic mass is 16.5. The first-order chi connectivity index (χ1) is 15.5. The molecule has 1 atom stereocenters. The van der Waals surface area contributed by atoms with Gasteiger partial charge in [-0.3, -0.25) is 4.79 Å². The van der Waals surface area contributed by atoms with Crippen LogP contribution in [0.15, 0.2) is 84.0 Å². The zero-order valence-corrected chi connectivity index (χ0v) is 18.2. The predicted molar refractivity (Wildman–Crippen MR) is 124 cm³/mol. The molecule has 32 heavy (non-hydrogen) atoms. The average molecular weight is 431 g/mol. The van der Waals surface area contributed by atoms with Crippen LogP contribution in [0.4, 0.5) is 0 Å². The van der Waals surface area contributed by atoms with Crippen molar-refractivity contribution < 1.29 is 19.1 Å². The zero-order valence-electron chi connectivity index (χ0n) is 18.2. The van der Waals surface area contributed by atoms with Crippen molar-refractivity contribution in [2.75, 3.05) is 6.61 Å². The van der Waals surface area contributed by atoms with Crippen LogP contribution in [0, 0.1) is 0 Å². The molecule has 0 aliphatic rings. The lowest BCUT2D eigenvalue weighted by atomic mass is 9.99. The van der Waals surface area contributed by atoms with Crippen molar-refractivity contribution in [3.8, 4) is 11.5 Å². The summed E-state index contributed by atoms with van der Waals surface area (Å²) in [5.74, 6) is 0.769. The number of benzene rings is 3. The maximum atomic E-state index is 12.1. The van der Waals surface area contributed by atoms with Gasteiger partial charge in [0.05, 0.1) is 11.8 Å². The van der Waals surface area contributed by atoms with E-state index in [1.54, 1.807) is 48.5 Å². The van der Waals surface area contributed by atoms with Crippen LogP contribution in [0.5, 0.6) is 11.5 Å². The van der Waals surface area contributed by atoms with Gasteiger partial charge in [0.2, 0.25) is 0 Å². The summed E-state index contributed by atoms with van der Waals surface area (Å²) in [5.41, 5.74) is 4.90. The minimum absolute atomic E-state index is 0.131. The summed E-state index contributed by atoms with van der Waals surface area (Å²) in [5, 5.41) is 3.93. The van der Waals surface area contributed by atoms with E-state index >= 15 is 0 Å². The number of ether oxygens (including phenoxy) is 2. The first-order valence-corrected chi connectivity index (χ1v) is 10.5. The normalized spacial score (nSPS) is 11.7. The molecule has 0 saturated carbocycles. The lowest BCUT2D eigenvalue weighted by Crippen LogP contribution is -2.24. The summed E-state index contributed by atoms with van der Waals surface area (Å²) >= 11 is 0. The van der Waals surface area contributed by atoms with Crippen molar-refractivity contribution in [3.63, 3.8) is 0 Å². The molecule has 164 valence electrons. The lowest BCUT2D eigenvalue weighted by molar-refractivity contribution is -0.123. The van der Waals surface area contributed by atoms with Crippen molar-refractivity contribution in [2.24, 2.45) is 5.10 Å². The lowest BCUT2D eigenvalue weighted by Gasteiger charge is -2.10. The van der Waals surface area contributed by atoms with Gasteiger partial charge in [0.1, 0.15) is 11.5 Å². The Morgan fingerprint density at radius 3 is 2.25 bits per heavy atom. The molecule has 6 nitrogen and oxygen atoms in total. The van der Waals surface area contributed by atoms with Gasteiger partial charge >= 0.3 is 5.97 Å². The molecule has 0 spiro atoms. The van der Waals surface area contributed by atoms with Crippen LogP contribution < -0.4 is 14.9 Å². The highest BCUT2D eigenvalue weighted by Crippen LogP contribution is 2.21. The van der Waals surface area contributed by atoms with E-state index in [1.165, 1.54) is 11.8 Å². The van der Waals surface area contributed by atoms with Gasteiger partial charge in [-0.05, 0) is 72.0 Å². The van der Waals surface area contributed by atoms with E-state index in [0.717, 1.165) is 12.0 Å². The Morgan fingerprint density at radius 2 is 1.59 bits per heavy atom. The maximum Gasteiger partial charge on any atom is 0.343 e. The van der Waals surface area contributed by atoms with Gasteiger partial charge in [0, 0.05) is 0 Å². The van der Waals surface area contributed by atoms with E-state index in [9.17, 15) is 9.59 Å². The summed E-state index contributed by atoms with van der Waals surface area (Å²) in [6.45, 7) is 4.19. The summed E-state index contributed by atoms with van der Waals surface area (Å²) in [7, 11) is 0. The Balaban J connectivity index is 1.43. The molecule has 1 amide bonds. The van der Waals surface area contributed by atoms with Gasteiger partial charge in [0.25, 0.3) is 5.91 Å². The zero-order chi connectivity index (χ0) is 22.8. The fourth-order valence-electron chi connectivity index (χ4n) is 2.85. The fraction of sp³-hybridized carbons (Fsp3) is 0.192. The molecule has 0 bridgehead atoms. The highest BCUT2D eigenvalue weighted by Gasteiger charge is 2.07. The molecule has 0 unspecified atom stereocenters. The van der Waals surface area contributed by atoms with Crippen LogP contribution in [0.1, 0.15) is 47.7 Å². The summed E-state index contributed by atoms with van der Waals surface area (Å²) in [4.78, 5) is 24.0. The Hall–Kier alpha value is -3.93. The number of hydrazone groups is 1. The summed E-state index contributed by atoms with van der Waals surface area (Å²) in [6, 6.07) is 23.3. The quantitative estimate of drug-likeness (QED) is 0.226. The fourth-order valence-corrected chi connectivity index (χ4v) is 2.85. The second-order valence-electron chi connectivity index (χ2n) is 7.28. The molecule has 0 radical (unpaired) electrons. The standard InChI is InChI=1S/C26H26N2O4/c1-3-19(2)21-11-15-23(16-12-21)31-18-25(29)28-27-17-20-9-13-24(14-10-20)32-26(30)22-7-5-4-6-8-22/h4-17,19H,3,18H2,1-2H3,(H,28,29)/b27-17+/t19-/m0/s1. The number of hydrogen-bond donors (Lipinski definition) is 1. The van der Waals surface area contributed by atoms with Crippen molar-refractivity contribution in [2.45, 2.75) is 26.2 Å². The molecule has 0 aliphatic carbocycles. The third-order valence-corrected chi connectivity index (χ3v) is 4.93. The molecular formula is C26H26N2O4. The van der Waals surface area contributed by atoms with Gasteiger partial charge in [-0.2, -0.15) is 5.10 Å². The number of esters is 1. The van der Waals surface area contributed by atoms with Gasteiger partial charge in [-0.15, -0.1) is 0 Å². The molecule has 0 aromatic heterocycles. The van der Waals surface area contributed by atoms with Crippen molar-refractivity contribution >= 4 is 18.1 Å². The second kappa shape index (κ2) is 11.5. The number of nitrogens with zero attached hydrogens (tertiary/aromatic N) is 1. The van der Waals surface area contributed by atoms with Crippen LogP contribution in [-0.2, 0) is 4.79 Å². The van der Waals surface area contributed by atoms with Gasteiger partial charge in [0.15, 0.2) is 6.61 Å². The van der Waals surface area contributed by atoms with Crippen LogP contribution >= 0.6 is 0 Å². The Labute approximate surface area is 187 Å². The number of carbonyl (C=O) groups excluding carboxylic acids is 2. The van der Waals surface area contributed by atoms with Crippen molar-refractivity contribution in [1.29, 1.82) is 0 Å². The molecule has 0 heterocycles. The summed E-state index contributed by atoms with van der Waals surface area (Å²) < 4.78 is 10.8. The number of carbonyl (C=O) groups is 2. The second-order valence-corrected chi connectivity index (χ2v) is 7.28. The first kappa shape index (κ1) is 22.7. The number of hydrogen-bond acceptors (Lipinski definition) is 5. The molecule has 1 N–H and O–H groups in total. The van der Waals surface area contributed by atoms with E-state index < -0.39 is 5.97 Å². The van der Waals surface area contributed by atoms with Crippen molar-refractivity contribution in [3.05, 3.63) is 95.6 Å². The van der Waals surface area contributed by atoms with Crippen molar-refractivity contribution in [1.82, 2.24) is 5.43 Å². The molecule has 3 aromatic rings. The number of nitrogens with one attached hydrogen (secondary N) is 1. The van der Waals surface area contributed by atoms with Gasteiger partial charge in [-0.1, -0.05) is 44.2 Å². The van der Waals surface area contributed by atoms with E-state index in [-0.39, 0.29) is 12.5 Å². The van der Waals surface area contributed by atoms with E-state index in [1.807, 2.05) is 30.3 Å². The SMILES string of the molecule is CC[C@H](C)c1ccc(OCC(=O)N/N=C/c2ccc(OC(=O)c3ccccc3)cc2)cc1. The van der Waals surface area contributed by atoms with Crippen LogP contribution in [0.25, 0.3) is 0 Å². The molecule has 3 aromatic carbocycles. The third-order valence-electron chi connectivity index (χ3n) is 4.93. The largest absolute Gasteiger partial charge is 0.484 e. The Morgan fingerprint density at radius 1 is 0.938 bits per heavy atom. The summed E-state index contributed by atoms with van der Waals surface area (Å²) in [6.07, 6.45) is 2.57. The average Bonchev–Trinajstić information content (AvgIpc) is 2.84. The monoisotopic (exact) mass is 430 g/mol. The topological polar surface area (TPSA) is 77.0 Å². The minimum atomic E-state index is -0.422. The van der Waals surface area contributed by atoms with Gasteiger partial charge in [-0.25, -0.2) is 10.2 Å². The highest BCUT2D eigenvalue weighted by molar-refractivity contribution is 5.91. The van der Waals surface area contributed by atoms with E-state index in [2.05, 4.69) is 24.4 Å². The number of amides is 1. The molecule has 0 saturated heterocycles. The molecule has 3 rings (SSSR count). The molecule has 0 fully saturated rings. The third kappa shape index (κ3) is 6.80. The smallest absolute Gasteiger partial charge is 0.343 e. The van der Waals surface area contributed by atoms with E-state index in [0.29, 0.717) is 23.0 Å². The van der Waals surface area contributed by atoms with E-state index in [4.69, 9.17) is 9.47 Å². The minimum Gasteiger partial charge on any atom is -0.484 e. The van der Waals surface area contributed by atoms with Crippen LogP contribution in [-0.4, -0.2) is 24.7 Å². The molecule has 6 heteroatoms. The molecule has 0 aliphatic heterocycles. The van der Waals surface area contributed by atoms with Crippen LogP contribution in [0.3, 0.4) is 0 Å². The predicted octanol–water partition coefficient (Wildman–Crippen LogP) is 4.95. The Bertz CT molecular complexity index is 1050. The Kier molecular flexibility index (Phi) is 8.15. The van der Waals surface area contributed by atoms with Crippen LogP contribution in [0.2, 0.25) is 0 Å². The molecular weight excluding hydrogens is 404 g/mol. The van der Waals surface area contributed by atoms with Gasteiger partial charge < -0.3 is 9.47 Å². The number of rotatable bonds is 9.